The van der Waals surface area contributed by atoms with Crippen molar-refractivity contribution in [3.63, 3.8) is 0 Å². The Hall–Kier alpha value is -6.08. The monoisotopic (exact) mass is 740 g/mol. The predicted molar refractivity (Wildman–Crippen MR) is 224 cm³/mol. The van der Waals surface area contributed by atoms with Gasteiger partial charge in [-0.2, -0.15) is 4.58 Å². The van der Waals surface area contributed by atoms with Crippen LogP contribution in [0.4, 0.5) is 17.1 Å². The molecule has 0 aromatic heterocycles. The first kappa shape index (κ1) is 38.2. The Balaban J connectivity index is 1.20. The molecule has 5 aromatic carbocycles. The Bertz CT molecular complexity index is 2430. The van der Waals surface area contributed by atoms with Crippen LogP contribution in [0.15, 0.2) is 138 Å². The third-order valence-electron chi connectivity index (χ3n) is 10.7. The van der Waals surface area contributed by atoms with Crippen LogP contribution in [-0.2, 0) is 31.1 Å². The molecule has 0 radical (unpaired) electrons. The van der Waals surface area contributed by atoms with Gasteiger partial charge in [-0.05, 0) is 117 Å². The summed E-state index contributed by atoms with van der Waals surface area (Å²) in [6.07, 6.45) is 7.71. The van der Waals surface area contributed by atoms with Gasteiger partial charge >= 0.3 is 0 Å². The zero-order valence-electron chi connectivity index (χ0n) is 33.0. The van der Waals surface area contributed by atoms with Crippen LogP contribution in [0.1, 0.15) is 61.2 Å². The van der Waals surface area contributed by atoms with Gasteiger partial charge in [0, 0.05) is 57.9 Å². The summed E-state index contributed by atoms with van der Waals surface area (Å²) in [5, 5.41) is 32.9. The number of anilines is 2. The quantitative estimate of drug-likeness (QED) is 0.110. The van der Waals surface area contributed by atoms with Crippen LogP contribution in [0.3, 0.4) is 0 Å². The minimum Gasteiger partial charge on any atom is -0.871 e. The molecule has 6 nitrogen and oxygen atoms in total. The first-order valence-corrected chi connectivity index (χ1v) is 19.1. The molecule has 0 saturated heterocycles. The number of ketones is 1. The van der Waals surface area contributed by atoms with E-state index in [1.54, 1.807) is 0 Å². The van der Waals surface area contributed by atoms with Crippen molar-refractivity contribution in [1.29, 1.82) is 0 Å². The van der Waals surface area contributed by atoms with E-state index in [4.69, 9.17) is 0 Å². The highest BCUT2D eigenvalue weighted by Gasteiger charge is 2.31. The first-order chi connectivity index (χ1) is 26.9. The molecule has 2 aliphatic carbocycles. The minimum absolute atomic E-state index is 0.00292. The summed E-state index contributed by atoms with van der Waals surface area (Å²) in [5.41, 5.74) is 16.7. The maximum atomic E-state index is 13.7. The van der Waals surface area contributed by atoms with Crippen LogP contribution in [0, 0.1) is 41.5 Å². The highest BCUT2D eigenvalue weighted by atomic mass is 16.3. The predicted octanol–water partition coefficient (Wildman–Crippen LogP) is 8.92. The summed E-state index contributed by atoms with van der Waals surface area (Å²) in [6.45, 7) is 13.9. The normalized spacial score (nSPS) is 13.8. The zero-order chi connectivity index (χ0) is 39.7. The molecule has 0 saturated carbocycles. The number of hydrogen-bond donors (Lipinski definition) is 2. The first-order valence-electron chi connectivity index (χ1n) is 19.1. The summed E-state index contributed by atoms with van der Waals surface area (Å²) in [5.74, 6) is -0.486. The van der Waals surface area contributed by atoms with Gasteiger partial charge in [-0.15, -0.1) is 0 Å². The van der Waals surface area contributed by atoms with E-state index in [-0.39, 0.29) is 35.9 Å². The minimum atomic E-state index is -0.243. The fourth-order valence-electron chi connectivity index (χ4n) is 8.19. The molecule has 5 aromatic rings. The lowest BCUT2D eigenvalue weighted by molar-refractivity contribution is -0.457. The second kappa shape index (κ2) is 16.0. The van der Waals surface area contributed by atoms with Crippen molar-refractivity contribution in [2.75, 3.05) is 4.90 Å². The van der Waals surface area contributed by atoms with E-state index in [2.05, 4.69) is 75.3 Å². The van der Waals surface area contributed by atoms with Crippen LogP contribution >= 0.6 is 0 Å². The van der Waals surface area contributed by atoms with Crippen molar-refractivity contribution < 1.29 is 24.7 Å². The van der Waals surface area contributed by atoms with E-state index in [1.165, 1.54) is 11.1 Å². The Morgan fingerprint density at radius 2 is 1.07 bits per heavy atom. The molecule has 6 heteroatoms. The number of benzene rings is 5. The van der Waals surface area contributed by atoms with Crippen molar-refractivity contribution in [2.45, 2.75) is 67.8 Å². The van der Waals surface area contributed by atoms with E-state index >= 15 is 0 Å². The van der Waals surface area contributed by atoms with Crippen molar-refractivity contribution >= 4 is 34.1 Å². The molecule has 7 rings (SSSR count). The Kier molecular flexibility index (Phi) is 10.9. The third kappa shape index (κ3) is 7.59. The smallest absolute Gasteiger partial charge is 0.211 e. The van der Waals surface area contributed by atoms with Gasteiger partial charge in [-0.25, -0.2) is 0 Å². The molecule has 0 spiro atoms. The largest absolute Gasteiger partial charge is 0.871 e. The van der Waals surface area contributed by atoms with Crippen LogP contribution in [-0.4, -0.2) is 26.3 Å². The molecular formula is C50H48N2O4. The van der Waals surface area contributed by atoms with Crippen molar-refractivity contribution in [3.8, 4) is 0 Å². The second-order valence-electron chi connectivity index (χ2n) is 15.1. The zero-order valence-corrected chi connectivity index (χ0v) is 33.0. The van der Waals surface area contributed by atoms with Gasteiger partial charge in [0.15, 0.2) is 12.3 Å². The summed E-state index contributed by atoms with van der Waals surface area (Å²) in [4.78, 5) is 16.0. The van der Waals surface area contributed by atoms with Gasteiger partial charge in [-0.1, -0.05) is 89.7 Å². The summed E-state index contributed by atoms with van der Waals surface area (Å²) in [6, 6.07) is 32.4. The van der Waals surface area contributed by atoms with Crippen molar-refractivity contribution in [2.24, 2.45) is 0 Å². The number of aliphatic hydroxyl groups excluding tert-OH is 2. The number of carbonyl (C=O) groups is 1. The molecule has 0 atom stereocenters. The van der Waals surface area contributed by atoms with Crippen LogP contribution < -0.4 is 10.0 Å². The Morgan fingerprint density at radius 1 is 0.589 bits per heavy atom. The number of aliphatic hydroxyl groups is 2. The van der Waals surface area contributed by atoms with Crippen LogP contribution in [0.2, 0.25) is 0 Å². The number of hydrogen-bond acceptors (Lipinski definition) is 5. The van der Waals surface area contributed by atoms with E-state index in [0.717, 1.165) is 67.3 Å². The molecule has 0 fully saturated rings. The van der Waals surface area contributed by atoms with Gasteiger partial charge in [0.2, 0.25) is 11.4 Å². The third-order valence-corrected chi connectivity index (χ3v) is 10.7. The summed E-state index contributed by atoms with van der Waals surface area (Å²) >= 11 is 0. The van der Waals surface area contributed by atoms with E-state index in [0.29, 0.717) is 24.2 Å². The lowest BCUT2D eigenvalue weighted by Crippen LogP contribution is -2.30. The molecule has 0 bridgehead atoms. The highest BCUT2D eigenvalue weighted by Crippen LogP contribution is 2.40. The lowest BCUT2D eigenvalue weighted by Gasteiger charge is -2.33. The standard InChI is InChI=1S/C50H48N2O4/c1-31-23-33(3)47(34(4)24-31)51(27-37-7-11-39(29-53)12-8-37)43-19-15-41(16-20-43)45-49(55)46(50(45)56)42-17-21-44(22-18-42)52(28-38-9-13-40(30-54)14-10-38)48-35(5)25-32(2)26-36(48)6/h7-26,53-54H,27-30H2,1-6H3. The molecule has 282 valence electrons. The number of aryl methyl sites for hydroxylation is 6. The number of nitrogens with zero attached hydrogens (tertiary/aromatic N) is 2. The van der Waals surface area contributed by atoms with E-state index in [1.807, 2.05) is 97.1 Å². The van der Waals surface area contributed by atoms with Crippen LogP contribution in [0.25, 0.3) is 5.57 Å². The van der Waals surface area contributed by atoms with Gasteiger partial charge in [0.25, 0.3) is 0 Å². The molecule has 56 heavy (non-hydrogen) atoms. The highest BCUT2D eigenvalue weighted by molar-refractivity contribution is 6.39. The maximum absolute atomic E-state index is 13.7. The van der Waals surface area contributed by atoms with Crippen LogP contribution in [0.5, 0.6) is 0 Å². The molecular weight excluding hydrogens is 693 g/mol. The van der Waals surface area contributed by atoms with Crippen molar-refractivity contribution in [3.05, 3.63) is 199 Å². The second-order valence-corrected chi connectivity index (χ2v) is 15.1. The van der Waals surface area contributed by atoms with Crippen molar-refractivity contribution in [1.82, 2.24) is 0 Å². The molecule has 0 amide bonds. The fraction of sp³-hybridized carbons (Fsp3) is 0.200. The SMILES string of the molecule is Cc1cc(C)c(N(Cc2ccc(CO)cc2)c2ccc(C3=C([O-])C(=C4C=CC(=[N+](Cc5ccc(CO)cc5)c5c(C)cc(C)cc5C)C=C4)C3=O)cc2)c(C)c1. The van der Waals surface area contributed by atoms with Gasteiger partial charge in [0.05, 0.1) is 13.2 Å². The molecule has 0 aliphatic heterocycles. The number of carbonyl (C=O) groups excluding carboxylic acids is 1. The average Bonchev–Trinajstić information content (AvgIpc) is 3.17. The van der Waals surface area contributed by atoms with Gasteiger partial charge in [-0.3, -0.25) is 4.79 Å². The molecule has 0 heterocycles. The maximum Gasteiger partial charge on any atom is 0.211 e. The summed E-state index contributed by atoms with van der Waals surface area (Å²) < 4.78 is 2.27. The molecule has 2 N–H and O–H groups in total. The van der Waals surface area contributed by atoms with Gasteiger partial charge in [0.1, 0.15) is 0 Å². The Morgan fingerprint density at radius 3 is 1.57 bits per heavy atom. The number of allylic oxidation sites excluding steroid dienone is 7. The van der Waals surface area contributed by atoms with Gasteiger partial charge < -0.3 is 20.2 Å². The number of rotatable bonds is 10. The molecule has 0 unspecified atom stereocenters. The Labute approximate surface area is 330 Å². The van der Waals surface area contributed by atoms with E-state index in [9.17, 15) is 20.1 Å². The average molecular weight is 741 g/mol. The van der Waals surface area contributed by atoms with E-state index < -0.39 is 0 Å². The fourth-order valence-corrected chi connectivity index (χ4v) is 8.19. The number of Topliss-reactive ketones (excluding diaryl/α,β-unsaturated/α-hetero) is 1. The lowest BCUT2D eigenvalue weighted by atomic mass is 9.80. The summed E-state index contributed by atoms with van der Waals surface area (Å²) in [7, 11) is 0. The topological polar surface area (TPSA) is 86.8 Å². The molecule has 2 aliphatic rings.